The summed E-state index contributed by atoms with van der Waals surface area (Å²) in [6, 6.07) is 8.63. The van der Waals surface area contributed by atoms with Crippen molar-refractivity contribution >= 4 is 30.5 Å². The molecule has 152 valence electrons. The van der Waals surface area contributed by atoms with Gasteiger partial charge in [0.2, 0.25) is 0 Å². The number of rotatable bonds is 6. The Labute approximate surface area is 178 Å². The number of nitrogens with one attached hydrogen (secondary N) is 2. The lowest BCUT2D eigenvalue weighted by Crippen LogP contribution is -2.10. The molecule has 2 heterocycles. The van der Waals surface area contributed by atoms with Crippen LogP contribution in [0.3, 0.4) is 0 Å². The molecular weight excluding hydrogens is 395 g/mol. The first-order valence-corrected chi connectivity index (χ1v) is 8.99. The average molecular weight is 423 g/mol. The molecule has 0 fully saturated rings. The number of aromatic amines is 1. The molecule has 0 amide bonds. The summed E-state index contributed by atoms with van der Waals surface area (Å²) in [5.41, 5.74) is 7.94. The van der Waals surface area contributed by atoms with Crippen LogP contribution < -0.4 is 5.32 Å². The molecule has 28 heavy (non-hydrogen) atoms. The van der Waals surface area contributed by atoms with Gasteiger partial charge in [-0.1, -0.05) is 48.9 Å². The van der Waals surface area contributed by atoms with Gasteiger partial charge in [-0.05, 0) is 37.3 Å². The van der Waals surface area contributed by atoms with Crippen molar-refractivity contribution in [3.63, 3.8) is 0 Å². The van der Waals surface area contributed by atoms with E-state index < -0.39 is 0 Å². The van der Waals surface area contributed by atoms with E-state index in [2.05, 4.69) is 77.9 Å². The van der Waals surface area contributed by atoms with Gasteiger partial charge in [0.05, 0.1) is 11.4 Å². The van der Waals surface area contributed by atoms with E-state index in [1.165, 1.54) is 16.7 Å². The number of benzene rings is 1. The summed E-state index contributed by atoms with van der Waals surface area (Å²) < 4.78 is 0. The zero-order valence-corrected chi connectivity index (χ0v) is 18.5. The number of H-pyrrole nitrogens is 1. The van der Waals surface area contributed by atoms with E-state index in [0.717, 1.165) is 29.1 Å². The fraction of sp³-hybridized carbons (Fsp3) is 0.400. The summed E-state index contributed by atoms with van der Waals surface area (Å²) in [6.45, 7) is 8.60. The van der Waals surface area contributed by atoms with Gasteiger partial charge in [0.25, 0.3) is 0 Å². The highest BCUT2D eigenvalue weighted by molar-refractivity contribution is 5.85. The van der Waals surface area contributed by atoms with Crippen LogP contribution >= 0.6 is 24.8 Å². The van der Waals surface area contributed by atoms with E-state index in [9.17, 15) is 0 Å². The molecule has 2 N–H and O–H groups in total. The minimum Gasteiger partial charge on any atom is -0.386 e. The number of halogens is 2. The lowest BCUT2D eigenvalue weighted by Gasteiger charge is -2.21. The van der Waals surface area contributed by atoms with E-state index >= 15 is 0 Å². The predicted octanol–water partition coefficient (Wildman–Crippen LogP) is 4.55. The van der Waals surface area contributed by atoms with Gasteiger partial charge in [0.1, 0.15) is 0 Å². The van der Waals surface area contributed by atoms with Crippen LogP contribution in [0.2, 0.25) is 0 Å². The molecule has 3 aromatic rings. The number of hydrogen-bond acceptors (Lipinski definition) is 5. The summed E-state index contributed by atoms with van der Waals surface area (Å²) in [4.78, 5) is 4.92. The van der Waals surface area contributed by atoms with E-state index in [1.807, 2.05) is 7.05 Å². The first kappa shape index (κ1) is 23.9. The monoisotopic (exact) mass is 422 g/mol. The fourth-order valence-electron chi connectivity index (χ4n) is 3.28. The number of nitrogens with zero attached hydrogens (tertiary/aromatic N) is 4. The first-order chi connectivity index (χ1) is 12.5. The summed E-state index contributed by atoms with van der Waals surface area (Å²) in [5, 5.41) is 17.9. The Hall–Kier alpha value is -2.18. The Kier molecular flexibility index (Phi) is 8.85. The van der Waals surface area contributed by atoms with Crippen LogP contribution in [-0.2, 0) is 12.8 Å². The minimum atomic E-state index is 0. The lowest BCUT2D eigenvalue weighted by atomic mass is 9.91. The van der Waals surface area contributed by atoms with Gasteiger partial charge in [-0.15, -0.1) is 35.0 Å². The molecule has 8 heteroatoms. The quantitative estimate of drug-likeness (QED) is 0.608. The summed E-state index contributed by atoms with van der Waals surface area (Å²) in [6.07, 6.45) is 1.52. The molecule has 6 nitrogen and oxygen atoms in total. The molecular formula is C20H28Cl2N6. The summed E-state index contributed by atoms with van der Waals surface area (Å²) in [5.74, 6) is 1.20. The third-order valence-electron chi connectivity index (χ3n) is 4.50. The summed E-state index contributed by atoms with van der Waals surface area (Å²) in [7, 11) is 1.96. The molecule has 0 unspecified atom stereocenters. The SMILES string of the molecule is CNc1c(CC(C)C)nc(C)c(Cc2nn[nH]n2)c1-c1ccc(C)cc1.Cl.Cl. The number of pyridine rings is 1. The maximum Gasteiger partial charge on any atom is 0.179 e. The Morgan fingerprint density at radius 1 is 1.07 bits per heavy atom. The van der Waals surface area contributed by atoms with Gasteiger partial charge >= 0.3 is 0 Å². The van der Waals surface area contributed by atoms with Gasteiger partial charge in [-0.2, -0.15) is 5.21 Å². The predicted molar refractivity (Wildman–Crippen MR) is 119 cm³/mol. The molecule has 1 aromatic carbocycles. The maximum atomic E-state index is 4.92. The first-order valence-electron chi connectivity index (χ1n) is 8.99. The van der Waals surface area contributed by atoms with Crippen LogP contribution in [0.5, 0.6) is 0 Å². The molecule has 0 saturated heterocycles. The number of hydrogen-bond donors (Lipinski definition) is 2. The lowest BCUT2D eigenvalue weighted by molar-refractivity contribution is 0.635. The van der Waals surface area contributed by atoms with Crippen LogP contribution in [0, 0.1) is 19.8 Å². The number of anilines is 1. The van der Waals surface area contributed by atoms with Crippen LogP contribution in [0.15, 0.2) is 24.3 Å². The molecule has 0 aliphatic rings. The van der Waals surface area contributed by atoms with Crippen LogP contribution in [0.25, 0.3) is 11.1 Å². The Morgan fingerprint density at radius 2 is 1.75 bits per heavy atom. The third kappa shape index (κ3) is 5.20. The van der Waals surface area contributed by atoms with Crippen molar-refractivity contribution in [3.8, 4) is 11.1 Å². The smallest absolute Gasteiger partial charge is 0.179 e. The second-order valence-electron chi connectivity index (χ2n) is 7.09. The Balaban J connectivity index is 0.00000196. The van der Waals surface area contributed by atoms with Crippen molar-refractivity contribution in [2.24, 2.45) is 5.92 Å². The van der Waals surface area contributed by atoms with Gasteiger partial charge in [-0.25, -0.2) is 0 Å². The topological polar surface area (TPSA) is 79.4 Å². The molecule has 0 saturated carbocycles. The molecule has 0 radical (unpaired) electrons. The minimum absolute atomic E-state index is 0. The van der Waals surface area contributed by atoms with Crippen LogP contribution in [0.4, 0.5) is 5.69 Å². The second kappa shape index (κ2) is 10.4. The number of aryl methyl sites for hydroxylation is 2. The van der Waals surface area contributed by atoms with Crippen molar-refractivity contribution < 1.29 is 0 Å². The Bertz CT molecular complexity index is 877. The highest BCUT2D eigenvalue weighted by atomic mass is 35.5. The highest BCUT2D eigenvalue weighted by Gasteiger charge is 2.20. The van der Waals surface area contributed by atoms with E-state index in [4.69, 9.17) is 4.98 Å². The maximum absolute atomic E-state index is 4.92. The summed E-state index contributed by atoms with van der Waals surface area (Å²) >= 11 is 0. The molecule has 3 rings (SSSR count). The van der Waals surface area contributed by atoms with Gasteiger partial charge in [-0.3, -0.25) is 4.98 Å². The van der Waals surface area contributed by atoms with Crippen LogP contribution in [0.1, 0.15) is 42.2 Å². The highest BCUT2D eigenvalue weighted by Crippen LogP contribution is 2.37. The Morgan fingerprint density at radius 3 is 2.29 bits per heavy atom. The third-order valence-corrected chi connectivity index (χ3v) is 4.50. The largest absolute Gasteiger partial charge is 0.386 e. The van der Waals surface area contributed by atoms with Crippen molar-refractivity contribution in [2.45, 2.75) is 40.5 Å². The standard InChI is InChI=1S/C20H26N6.2ClH/c1-12(2)10-17-20(21-5)19(15-8-6-13(3)7-9-15)16(14(4)22-17)11-18-23-25-26-24-18;;/h6-9,12,21H,10-11H2,1-5H3,(H,23,24,25,26);2*1H. The molecule has 0 bridgehead atoms. The van der Waals surface area contributed by atoms with Crippen molar-refractivity contribution in [1.29, 1.82) is 0 Å². The van der Waals surface area contributed by atoms with Crippen molar-refractivity contribution in [3.05, 3.63) is 52.6 Å². The van der Waals surface area contributed by atoms with Gasteiger partial charge in [0, 0.05) is 24.7 Å². The van der Waals surface area contributed by atoms with E-state index in [0.29, 0.717) is 18.2 Å². The second-order valence-corrected chi connectivity index (χ2v) is 7.09. The molecule has 0 aliphatic heterocycles. The molecule has 2 aromatic heterocycles. The van der Waals surface area contributed by atoms with E-state index in [-0.39, 0.29) is 24.8 Å². The van der Waals surface area contributed by atoms with Gasteiger partial charge in [0.15, 0.2) is 5.82 Å². The number of tetrazole rings is 1. The van der Waals surface area contributed by atoms with Gasteiger partial charge < -0.3 is 5.32 Å². The number of aromatic nitrogens is 5. The van der Waals surface area contributed by atoms with Crippen LogP contribution in [-0.4, -0.2) is 32.7 Å². The molecule has 0 atom stereocenters. The van der Waals surface area contributed by atoms with E-state index in [1.54, 1.807) is 0 Å². The van der Waals surface area contributed by atoms with Crippen molar-refractivity contribution in [2.75, 3.05) is 12.4 Å². The molecule has 0 aliphatic carbocycles. The molecule has 0 spiro atoms. The average Bonchev–Trinajstić information content (AvgIpc) is 3.10. The zero-order chi connectivity index (χ0) is 18.7. The normalized spacial score (nSPS) is 10.4. The zero-order valence-electron chi connectivity index (χ0n) is 16.9. The fourth-order valence-corrected chi connectivity index (χ4v) is 3.28. The van der Waals surface area contributed by atoms with Crippen molar-refractivity contribution in [1.82, 2.24) is 25.6 Å².